The first kappa shape index (κ1) is 15.7. The highest BCUT2D eigenvalue weighted by Gasteiger charge is 2.21. The Morgan fingerprint density at radius 2 is 1.76 bits per heavy atom. The van der Waals surface area contributed by atoms with E-state index in [1.54, 1.807) is 0 Å². The number of rotatable bonds is 3. The van der Waals surface area contributed by atoms with Gasteiger partial charge in [0, 0.05) is 24.7 Å². The van der Waals surface area contributed by atoms with E-state index in [9.17, 15) is 4.79 Å². The van der Waals surface area contributed by atoms with Crippen molar-refractivity contribution in [3.8, 4) is 0 Å². The van der Waals surface area contributed by atoms with Crippen molar-refractivity contribution in [3.63, 3.8) is 0 Å². The lowest BCUT2D eigenvalue weighted by Crippen LogP contribution is -3.00. The summed E-state index contributed by atoms with van der Waals surface area (Å²) in [4.78, 5) is 14.3. The van der Waals surface area contributed by atoms with Crippen molar-refractivity contribution in [2.24, 2.45) is 0 Å². The molecular weight excluding hydrogens is 328 g/mol. The number of hydrogen-bond donors (Lipinski definition) is 0. The Labute approximate surface area is 136 Å². The summed E-state index contributed by atoms with van der Waals surface area (Å²) in [5, 5.41) is 0. The first-order valence-corrected chi connectivity index (χ1v) is 7.15. The summed E-state index contributed by atoms with van der Waals surface area (Å²) in [6.45, 7) is 2.58. The van der Waals surface area contributed by atoms with E-state index in [0.29, 0.717) is 0 Å². The van der Waals surface area contributed by atoms with Gasteiger partial charge in [-0.2, -0.15) is 4.57 Å². The lowest BCUT2D eigenvalue weighted by molar-refractivity contribution is -0.688. The lowest BCUT2D eigenvalue weighted by atomic mass is 10.2. The molecule has 1 fully saturated rings. The van der Waals surface area contributed by atoms with E-state index in [4.69, 9.17) is 0 Å². The molecule has 110 valence electrons. The molecule has 1 amide bonds. The second-order valence-electron chi connectivity index (χ2n) is 5.25. The molecule has 1 aliphatic rings. The minimum absolute atomic E-state index is 0. The topological polar surface area (TPSA) is 24.2 Å². The third-order valence-electron chi connectivity index (χ3n) is 3.71. The molecular formula is C17H19BrN2O. The van der Waals surface area contributed by atoms with Crippen LogP contribution in [-0.4, -0.2) is 23.9 Å². The minimum atomic E-state index is 0. The van der Waals surface area contributed by atoms with E-state index in [-0.39, 0.29) is 22.9 Å². The highest BCUT2D eigenvalue weighted by atomic mass is 79.9. The summed E-state index contributed by atoms with van der Waals surface area (Å²) in [6.07, 6.45) is 6.21. The second-order valence-corrected chi connectivity index (χ2v) is 5.25. The normalized spacial score (nSPS) is 13.8. The van der Waals surface area contributed by atoms with E-state index in [1.807, 2.05) is 47.6 Å². The molecule has 0 aliphatic carbocycles. The van der Waals surface area contributed by atoms with Crippen molar-refractivity contribution in [1.82, 2.24) is 4.90 Å². The fourth-order valence-electron chi connectivity index (χ4n) is 2.64. The fraction of sp³-hybridized carbons (Fsp3) is 0.294. The van der Waals surface area contributed by atoms with Crippen LogP contribution in [0, 0.1) is 0 Å². The molecule has 2 heterocycles. The van der Waals surface area contributed by atoms with E-state index in [0.717, 1.165) is 38.0 Å². The molecule has 0 unspecified atom stereocenters. The average molecular weight is 347 g/mol. The van der Waals surface area contributed by atoms with Crippen LogP contribution in [0.1, 0.15) is 28.8 Å². The number of likely N-dealkylation sites (tertiary alicyclic amines) is 1. The zero-order valence-corrected chi connectivity index (χ0v) is 13.5. The predicted molar refractivity (Wildman–Crippen MR) is 77.3 cm³/mol. The molecule has 2 aromatic rings. The van der Waals surface area contributed by atoms with Crippen molar-refractivity contribution in [2.75, 3.05) is 13.1 Å². The highest BCUT2D eigenvalue weighted by Crippen LogP contribution is 2.11. The van der Waals surface area contributed by atoms with Gasteiger partial charge in [-0.15, -0.1) is 0 Å². The summed E-state index contributed by atoms with van der Waals surface area (Å²) in [6, 6.07) is 14.1. The first-order valence-electron chi connectivity index (χ1n) is 7.15. The zero-order chi connectivity index (χ0) is 13.8. The quantitative estimate of drug-likeness (QED) is 0.672. The summed E-state index contributed by atoms with van der Waals surface area (Å²) >= 11 is 0. The van der Waals surface area contributed by atoms with Crippen molar-refractivity contribution in [1.29, 1.82) is 0 Å². The Balaban J connectivity index is 0.00000161. The van der Waals surface area contributed by atoms with Crippen LogP contribution in [-0.2, 0) is 6.54 Å². The van der Waals surface area contributed by atoms with Gasteiger partial charge in [0.15, 0.2) is 18.9 Å². The molecule has 3 rings (SSSR count). The Morgan fingerprint density at radius 3 is 2.48 bits per heavy atom. The molecule has 0 N–H and O–H groups in total. The standard InChI is InChI=1S/C17H19N2O.BrH/c20-17(19-11-4-5-12-19)16-9-6-10-18(14-16)13-15-7-2-1-3-8-15;/h1-3,6-10,14H,4-5,11-13H2;1H/q+1;/p-1. The average Bonchev–Trinajstić information content (AvgIpc) is 3.02. The van der Waals surface area contributed by atoms with E-state index >= 15 is 0 Å². The van der Waals surface area contributed by atoms with E-state index in [1.165, 1.54) is 5.56 Å². The van der Waals surface area contributed by atoms with Crippen LogP contribution in [0.4, 0.5) is 0 Å². The Bertz CT molecular complexity index is 595. The van der Waals surface area contributed by atoms with Crippen LogP contribution in [0.25, 0.3) is 0 Å². The molecule has 0 bridgehead atoms. The summed E-state index contributed by atoms with van der Waals surface area (Å²) in [7, 11) is 0. The maximum Gasteiger partial charge on any atom is 0.259 e. The van der Waals surface area contributed by atoms with Crippen molar-refractivity contribution in [2.45, 2.75) is 19.4 Å². The number of pyridine rings is 1. The van der Waals surface area contributed by atoms with Crippen molar-refractivity contribution >= 4 is 5.91 Å². The molecule has 1 aromatic carbocycles. The fourth-order valence-corrected chi connectivity index (χ4v) is 2.64. The SMILES string of the molecule is O=C(c1ccc[n+](Cc2ccccc2)c1)N1CCCC1.[Br-]. The molecule has 3 nitrogen and oxygen atoms in total. The number of nitrogens with zero attached hydrogens (tertiary/aromatic N) is 2. The molecule has 4 heteroatoms. The number of hydrogen-bond acceptors (Lipinski definition) is 1. The monoisotopic (exact) mass is 346 g/mol. The van der Waals surface area contributed by atoms with Crippen LogP contribution in [0.5, 0.6) is 0 Å². The van der Waals surface area contributed by atoms with Gasteiger partial charge in [-0.1, -0.05) is 30.3 Å². The predicted octanol–water partition coefficient (Wildman–Crippen LogP) is -0.738. The number of aromatic nitrogens is 1. The van der Waals surface area contributed by atoms with Crippen molar-refractivity contribution in [3.05, 3.63) is 66.0 Å². The maximum atomic E-state index is 12.4. The van der Waals surface area contributed by atoms with Crippen LogP contribution in [0.3, 0.4) is 0 Å². The number of benzene rings is 1. The molecule has 0 atom stereocenters. The minimum Gasteiger partial charge on any atom is -1.00 e. The van der Waals surface area contributed by atoms with Gasteiger partial charge in [0.05, 0.1) is 0 Å². The van der Waals surface area contributed by atoms with Gasteiger partial charge in [-0.05, 0) is 18.9 Å². The number of carbonyl (C=O) groups is 1. The molecule has 0 spiro atoms. The Hall–Kier alpha value is -1.68. The van der Waals surface area contributed by atoms with Crippen LogP contribution >= 0.6 is 0 Å². The first-order chi connectivity index (χ1) is 9.83. The van der Waals surface area contributed by atoms with Gasteiger partial charge in [-0.3, -0.25) is 4.79 Å². The highest BCUT2D eigenvalue weighted by molar-refractivity contribution is 5.93. The maximum absolute atomic E-state index is 12.4. The van der Waals surface area contributed by atoms with Crippen LogP contribution in [0.15, 0.2) is 54.9 Å². The van der Waals surface area contributed by atoms with Gasteiger partial charge >= 0.3 is 0 Å². The van der Waals surface area contributed by atoms with Crippen LogP contribution in [0.2, 0.25) is 0 Å². The number of amides is 1. The third kappa shape index (κ3) is 3.91. The molecule has 0 radical (unpaired) electrons. The van der Waals surface area contributed by atoms with Gasteiger partial charge in [0.25, 0.3) is 5.91 Å². The van der Waals surface area contributed by atoms with Gasteiger partial charge in [0.1, 0.15) is 5.56 Å². The summed E-state index contributed by atoms with van der Waals surface area (Å²) in [5.74, 6) is 0.157. The number of carbonyl (C=O) groups excluding carboxylic acids is 1. The molecule has 1 aromatic heterocycles. The zero-order valence-electron chi connectivity index (χ0n) is 11.9. The number of halogens is 1. The lowest BCUT2D eigenvalue weighted by Gasteiger charge is -2.14. The van der Waals surface area contributed by atoms with Crippen molar-refractivity contribution < 1.29 is 26.3 Å². The molecule has 0 saturated carbocycles. The summed E-state index contributed by atoms with van der Waals surface area (Å²) < 4.78 is 2.07. The molecule has 1 saturated heterocycles. The van der Waals surface area contributed by atoms with E-state index < -0.39 is 0 Å². The second kappa shape index (κ2) is 7.36. The van der Waals surface area contributed by atoms with Gasteiger partial charge < -0.3 is 21.9 Å². The Morgan fingerprint density at radius 1 is 1.05 bits per heavy atom. The van der Waals surface area contributed by atoms with Gasteiger partial charge in [-0.25, -0.2) is 0 Å². The molecule has 21 heavy (non-hydrogen) atoms. The largest absolute Gasteiger partial charge is 1.00 e. The summed E-state index contributed by atoms with van der Waals surface area (Å²) in [5.41, 5.74) is 2.02. The smallest absolute Gasteiger partial charge is 0.259 e. The third-order valence-corrected chi connectivity index (χ3v) is 3.71. The Kier molecular flexibility index (Phi) is 5.51. The molecule has 1 aliphatic heterocycles. The van der Waals surface area contributed by atoms with Gasteiger partial charge in [0.2, 0.25) is 0 Å². The van der Waals surface area contributed by atoms with E-state index in [2.05, 4.69) is 16.7 Å². The van der Waals surface area contributed by atoms with Crippen LogP contribution < -0.4 is 21.5 Å².